The Balaban J connectivity index is 2.04. The summed E-state index contributed by atoms with van der Waals surface area (Å²) in [4.78, 5) is 1.03. The number of aryl methyl sites for hydroxylation is 6. The Morgan fingerprint density at radius 3 is 0.935 bits per heavy atom. The van der Waals surface area contributed by atoms with Crippen LogP contribution in [0.1, 0.15) is 33.4 Å². The van der Waals surface area contributed by atoms with Gasteiger partial charge in [0.2, 0.25) is 0 Å². The van der Waals surface area contributed by atoms with E-state index in [0.29, 0.717) is 0 Å². The minimum absolute atomic E-state index is 1.03. The minimum Gasteiger partial charge on any atom is -0.142 e. The average Bonchev–Trinajstić information content (AvgIpc) is 2.65. The molecule has 0 nitrogen and oxygen atoms in total. The van der Waals surface area contributed by atoms with E-state index in [-0.39, 0.29) is 0 Å². The molecule has 31 heavy (non-hydrogen) atoms. The van der Waals surface area contributed by atoms with Gasteiger partial charge in [-0.2, -0.15) is 0 Å². The smallest absolute Gasteiger partial charge is 0.0198 e. The van der Waals surface area contributed by atoms with E-state index in [0.717, 1.165) is 4.90 Å². The lowest BCUT2D eigenvalue weighted by molar-refractivity contribution is 1.34. The molecule has 0 fully saturated rings. The molecule has 0 saturated heterocycles. The van der Waals surface area contributed by atoms with Crippen molar-refractivity contribution in [1.29, 1.82) is 0 Å². The van der Waals surface area contributed by atoms with Crippen LogP contribution in [0, 0.1) is 41.5 Å². The molecule has 0 radical (unpaired) electrons. The summed E-state index contributed by atoms with van der Waals surface area (Å²) in [5.41, 5.74) is 14.9. The molecule has 4 aromatic carbocycles. The summed E-state index contributed by atoms with van der Waals surface area (Å²) in [5.74, 6) is 0. The molecule has 0 saturated carbocycles. The fraction of sp³-hybridized carbons (Fsp3) is 0.200. The molecular weight excluding hydrogens is 392 g/mol. The second-order valence-corrected chi connectivity index (χ2v) is 9.50. The largest absolute Gasteiger partial charge is 0.142 e. The average molecular weight is 423 g/mol. The van der Waals surface area contributed by atoms with Gasteiger partial charge in [-0.15, -0.1) is 12.6 Å². The summed E-state index contributed by atoms with van der Waals surface area (Å²) in [6.07, 6.45) is 0. The van der Waals surface area contributed by atoms with E-state index in [1.165, 1.54) is 66.8 Å². The van der Waals surface area contributed by atoms with Crippen LogP contribution in [0.4, 0.5) is 0 Å². The Morgan fingerprint density at radius 2 is 0.613 bits per heavy atom. The zero-order chi connectivity index (χ0) is 22.3. The highest BCUT2D eigenvalue weighted by atomic mass is 32.1. The van der Waals surface area contributed by atoms with E-state index in [9.17, 15) is 0 Å². The van der Waals surface area contributed by atoms with Gasteiger partial charge in [0.15, 0.2) is 0 Å². The van der Waals surface area contributed by atoms with Gasteiger partial charge in [0.05, 0.1) is 0 Å². The SMILES string of the molecule is Cc1cc(C)cc(-c2cc(-c3cc(C)cc(C)c3)c(S)c(-c3cc(C)cc(C)c3)c2)c1. The van der Waals surface area contributed by atoms with E-state index < -0.39 is 0 Å². The van der Waals surface area contributed by atoms with Crippen molar-refractivity contribution in [3.8, 4) is 33.4 Å². The zero-order valence-electron chi connectivity index (χ0n) is 19.3. The van der Waals surface area contributed by atoms with Crippen LogP contribution >= 0.6 is 12.6 Å². The van der Waals surface area contributed by atoms with Gasteiger partial charge < -0.3 is 0 Å². The van der Waals surface area contributed by atoms with E-state index >= 15 is 0 Å². The van der Waals surface area contributed by atoms with Gasteiger partial charge in [-0.1, -0.05) is 88.0 Å². The van der Waals surface area contributed by atoms with Crippen molar-refractivity contribution in [1.82, 2.24) is 0 Å². The molecule has 0 aliphatic carbocycles. The van der Waals surface area contributed by atoms with Crippen molar-refractivity contribution >= 4 is 12.6 Å². The summed E-state index contributed by atoms with van der Waals surface area (Å²) in [6.45, 7) is 13.0. The first-order valence-electron chi connectivity index (χ1n) is 10.8. The van der Waals surface area contributed by atoms with Crippen LogP contribution in [-0.4, -0.2) is 0 Å². The van der Waals surface area contributed by atoms with E-state index in [1.807, 2.05) is 0 Å². The summed E-state index contributed by atoms with van der Waals surface area (Å²) in [7, 11) is 0. The Labute approximate surface area is 192 Å². The fourth-order valence-corrected chi connectivity index (χ4v) is 5.03. The predicted octanol–water partition coefficient (Wildman–Crippen LogP) is 8.83. The van der Waals surface area contributed by atoms with Crippen LogP contribution in [0.3, 0.4) is 0 Å². The molecule has 4 rings (SSSR count). The highest BCUT2D eigenvalue weighted by Crippen LogP contribution is 2.40. The first-order valence-corrected chi connectivity index (χ1v) is 11.3. The number of rotatable bonds is 3. The van der Waals surface area contributed by atoms with Crippen molar-refractivity contribution in [2.24, 2.45) is 0 Å². The molecule has 0 bridgehead atoms. The molecule has 0 amide bonds. The van der Waals surface area contributed by atoms with Crippen LogP contribution < -0.4 is 0 Å². The number of hydrogen-bond acceptors (Lipinski definition) is 1. The van der Waals surface area contributed by atoms with Crippen LogP contribution in [0.25, 0.3) is 33.4 Å². The quantitative estimate of drug-likeness (QED) is 0.313. The lowest BCUT2D eigenvalue weighted by Gasteiger charge is -2.17. The first kappa shape index (κ1) is 21.5. The van der Waals surface area contributed by atoms with Gasteiger partial charge in [-0.3, -0.25) is 0 Å². The van der Waals surface area contributed by atoms with E-state index in [4.69, 9.17) is 12.6 Å². The Morgan fingerprint density at radius 1 is 0.355 bits per heavy atom. The van der Waals surface area contributed by atoms with E-state index in [2.05, 4.69) is 108 Å². The van der Waals surface area contributed by atoms with Gasteiger partial charge >= 0.3 is 0 Å². The van der Waals surface area contributed by atoms with Crippen molar-refractivity contribution in [3.63, 3.8) is 0 Å². The van der Waals surface area contributed by atoms with Crippen LogP contribution in [0.5, 0.6) is 0 Å². The molecule has 0 atom stereocenters. The molecule has 0 spiro atoms. The lowest BCUT2D eigenvalue weighted by Crippen LogP contribution is -1.92. The molecule has 0 N–H and O–H groups in total. The van der Waals surface area contributed by atoms with Gasteiger partial charge in [0.25, 0.3) is 0 Å². The highest BCUT2D eigenvalue weighted by Gasteiger charge is 2.14. The third kappa shape index (κ3) is 4.62. The third-order valence-corrected chi connectivity index (χ3v) is 6.21. The lowest BCUT2D eigenvalue weighted by atomic mass is 9.90. The minimum atomic E-state index is 1.03. The maximum Gasteiger partial charge on any atom is 0.0198 e. The van der Waals surface area contributed by atoms with Gasteiger partial charge in [0, 0.05) is 4.90 Å². The van der Waals surface area contributed by atoms with Crippen LogP contribution in [0.15, 0.2) is 71.6 Å². The summed E-state index contributed by atoms with van der Waals surface area (Å²) in [5, 5.41) is 0. The summed E-state index contributed by atoms with van der Waals surface area (Å²) < 4.78 is 0. The van der Waals surface area contributed by atoms with Crippen LogP contribution in [-0.2, 0) is 0 Å². The molecule has 156 valence electrons. The Hall–Kier alpha value is -2.77. The molecule has 1 heteroatoms. The Kier molecular flexibility index (Phi) is 5.81. The van der Waals surface area contributed by atoms with Crippen molar-refractivity contribution in [2.75, 3.05) is 0 Å². The standard InChI is InChI=1S/C30H30S/c1-18-7-19(2)11-24(10-18)25-16-28(26-12-20(3)8-21(4)13-26)30(31)29(17-25)27-14-22(5)9-23(6)15-27/h7-17,31H,1-6H3. The molecule has 0 aliphatic rings. The third-order valence-electron chi connectivity index (χ3n) is 5.73. The fourth-order valence-electron chi connectivity index (χ4n) is 4.64. The molecular formula is C30H30S. The monoisotopic (exact) mass is 422 g/mol. The van der Waals surface area contributed by atoms with Crippen molar-refractivity contribution in [2.45, 2.75) is 46.4 Å². The summed E-state index contributed by atoms with van der Waals surface area (Å²) >= 11 is 5.07. The molecule has 0 aromatic heterocycles. The molecule has 0 heterocycles. The normalized spacial score (nSPS) is 11.1. The van der Waals surface area contributed by atoms with Crippen LogP contribution in [0.2, 0.25) is 0 Å². The van der Waals surface area contributed by atoms with Gasteiger partial charge in [0.1, 0.15) is 0 Å². The second-order valence-electron chi connectivity index (χ2n) is 9.05. The summed E-state index contributed by atoms with van der Waals surface area (Å²) in [6, 6.07) is 24.9. The first-order chi connectivity index (χ1) is 14.7. The van der Waals surface area contributed by atoms with Crippen molar-refractivity contribution in [3.05, 3.63) is 100 Å². The molecule has 0 unspecified atom stereocenters. The zero-order valence-corrected chi connectivity index (χ0v) is 20.2. The number of thiol groups is 1. The molecule has 0 aliphatic heterocycles. The molecule has 4 aromatic rings. The van der Waals surface area contributed by atoms with Gasteiger partial charge in [-0.05, 0) is 87.1 Å². The Bertz CT molecular complexity index is 1160. The van der Waals surface area contributed by atoms with E-state index in [1.54, 1.807) is 0 Å². The number of benzene rings is 4. The maximum absolute atomic E-state index is 5.07. The topological polar surface area (TPSA) is 0 Å². The number of hydrogen-bond donors (Lipinski definition) is 1. The highest BCUT2D eigenvalue weighted by molar-refractivity contribution is 7.80. The maximum atomic E-state index is 5.07. The van der Waals surface area contributed by atoms with Gasteiger partial charge in [-0.25, -0.2) is 0 Å². The van der Waals surface area contributed by atoms with Crippen molar-refractivity contribution < 1.29 is 0 Å². The second kappa shape index (κ2) is 8.40. The predicted molar refractivity (Wildman–Crippen MR) is 138 cm³/mol.